The third-order valence-corrected chi connectivity index (χ3v) is 4.49. The zero-order chi connectivity index (χ0) is 14.0. The summed E-state index contributed by atoms with van der Waals surface area (Å²) >= 11 is 10.1. The molecule has 0 fully saturated rings. The van der Waals surface area contributed by atoms with Crippen molar-refractivity contribution in [3.63, 3.8) is 0 Å². The third kappa shape index (κ3) is 3.88. The van der Waals surface area contributed by atoms with E-state index in [9.17, 15) is 4.39 Å². The summed E-state index contributed by atoms with van der Waals surface area (Å²) in [5.41, 5.74) is 7.74. The Morgan fingerprint density at radius 2 is 1.63 bits per heavy atom. The number of halogens is 4. The highest BCUT2D eigenvalue weighted by Crippen LogP contribution is 2.28. The molecule has 1 nitrogen and oxygen atoms in total. The van der Waals surface area contributed by atoms with Crippen LogP contribution in [0.25, 0.3) is 0 Å². The van der Waals surface area contributed by atoms with Gasteiger partial charge in [0, 0.05) is 19.5 Å². The van der Waals surface area contributed by atoms with Gasteiger partial charge in [-0.05, 0) is 41.8 Å². The molecule has 2 aromatic carbocycles. The molecule has 0 saturated heterocycles. The van der Waals surface area contributed by atoms with Crippen LogP contribution < -0.4 is 5.73 Å². The number of hydrogen-bond acceptors (Lipinski definition) is 1. The molecule has 100 valence electrons. The molecule has 0 saturated carbocycles. The Hall–Kier alpha value is -0.230. The highest BCUT2D eigenvalue weighted by molar-refractivity contribution is 9.11. The molecule has 0 radical (unpaired) electrons. The molecule has 1 atom stereocenters. The minimum atomic E-state index is -0.252. The lowest BCUT2D eigenvalue weighted by Gasteiger charge is -2.15. The molecule has 0 bridgehead atoms. The van der Waals surface area contributed by atoms with E-state index in [1.165, 1.54) is 6.07 Å². The normalized spacial score (nSPS) is 12.5. The molecular formula is C14H11Br3FN. The maximum atomic E-state index is 13.8. The SMILES string of the molecule is NC(Cc1ccc(Br)cc1F)c1ccc(Br)cc1Br. The van der Waals surface area contributed by atoms with Crippen molar-refractivity contribution in [3.8, 4) is 0 Å². The average Bonchev–Trinajstić information content (AvgIpc) is 2.32. The molecule has 2 aromatic rings. The first-order valence-corrected chi connectivity index (χ1v) is 7.99. The van der Waals surface area contributed by atoms with Crippen LogP contribution in [0.1, 0.15) is 17.2 Å². The Morgan fingerprint density at radius 1 is 1.00 bits per heavy atom. The summed E-state index contributed by atoms with van der Waals surface area (Å²) in [5.74, 6) is -0.238. The smallest absolute Gasteiger partial charge is 0.127 e. The molecule has 0 aliphatic heterocycles. The monoisotopic (exact) mass is 449 g/mol. The van der Waals surface area contributed by atoms with Gasteiger partial charge in [0.05, 0.1) is 0 Å². The van der Waals surface area contributed by atoms with Crippen LogP contribution in [0.2, 0.25) is 0 Å². The first kappa shape index (κ1) is 15.2. The summed E-state index contributed by atoms with van der Waals surface area (Å²) in [6, 6.07) is 10.6. The van der Waals surface area contributed by atoms with Gasteiger partial charge in [0.15, 0.2) is 0 Å². The average molecular weight is 452 g/mol. The zero-order valence-electron chi connectivity index (χ0n) is 9.84. The predicted molar refractivity (Wildman–Crippen MR) is 86.6 cm³/mol. The lowest BCUT2D eigenvalue weighted by atomic mass is 9.99. The van der Waals surface area contributed by atoms with Gasteiger partial charge in [-0.25, -0.2) is 4.39 Å². The van der Waals surface area contributed by atoms with E-state index in [4.69, 9.17) is 5.73 Å². The largest absolute Gasteiger partial charge is 0.324 e. The van der Waals surface area contributed by atoms with Gasteiger partial charge in [-0.15, -0.1) is 0 Å². The molecular weight excluding hydrogens is 441 g/mol. The Kier molecular flexibility index (Phi) is 5.17. The van der Waals surface area contributed by atoms with Gasteiger partial charge in [0.25, 0.3) is 0 Å². The van der Waals surface area contributed by atoms with Crippen molar-refractivity contribution in [2.45, 2.75) is 12.5 Å². The van der Waals surface area contributed by atoms with Crippen molar-refractivity contribution in [2.24, 2.45) is 5.73 Å². The Bertz CT molecular complexity index is 601. The summed E-state index contributed by atoms with van der Waals surface area (Å²) in [4.78, 5) is 0. The van der Waals surface area contributed by atoms with E-state index in [2.05, 4.69) is 47.8 Å². The molecule has 0 amide bonds. The van der Waals surface area contributed by atoms with Crippen molar-refractivity contribution in [1.82, 2.24) is 0 Å². The van der Waals surface area contributed by atoms with Gasteiger partial charge in [-0.3, -0.25) is 0 Å². The molecule has 0 aromatic heterocycles. The lowest BCUT2D eigenvalue weighted by Crippen LogP contribution is -2.14. The Morgan fingerprint density at radius 3 is 2.26 bits per heavy atom. The van der Waals surface area contributed by atoms with Crippen molar-refractivity contribution in [2.75, 3.05) is 0 Å². The minimum absolute atomic E-state index is 0.238. The third-order valence-electron chi connectivity index (χ3n) is 2.82. The van der Waals surface area contributed by atoms with E-state index < -0.39 is 0 Å². The van der Waals surface area contributed by atoms with E-state index in [0.29, 0.717) is 12.0 Å². The number of benzene rings is 2. The molecule has 5 heteroatoms. The molecule has 0 heterocycles. The molecule has 0 spiro atoms. The number of rotatable bonds is 3. The maximum absolute atomic E-state index is 13.8. The highest BCUT2D eigenvalue weighted by Gasteiger charge is 2.13. The molecule has 0 aliphatic rings. The number of hydrogen-bond donors (Lipinski definition) is 1. The highest BCUT2D eigenvalue weighted by atomic mass is 79.9. The maximum Gasteiger partial charge on any atom is 0.127 e. The van der Waals surface area contributed by atoms with Crippen LogP contribution in [0.5, 0.6) is 0 Å². The summed E-state index contributed by atoms with van der Waals surface area (Å²) in [5, 5.41) is 0. The molecule has 2 rings (SSSR count). The second kappa shape index (κ2) is 6.48. The van der Waals surface area contributed by atoms with Crippen LogP contribution in [0, 0.1) is 5.82 Å². The fraction of sp³-hybridized carbons (Fsp3) is 0.143. The summed E-state index contributed by atoms with van der Waals surface area (Å²) in [7, 11) is 0. The van der Waals surface area contributed by atoms with Gasteiger partial charge in [0.2, 0.25) is 0 Å². The van der Waals surface area contributed by atoms with E-state index in [0.717, 1.165) is 19.0 Å². The molecule has 19 heavy (non-hydrogen) atoms. The first-order valence-electron chi connectivity index (χ1n) is 5.62. The van der Waals surface area contributed by atoms with Crippen molar-refractivity contribution >= 4 is 47.8 Å². The van der Waals surface area contributed by atoms with Crippen LogP contribution >= 0.6 is 47.8 Å². The van der Waals surface area contributed by atoms with Gasteiger partial charge < -0.3 is 5.73 Å². The quantitative estimate of drug-likeness (QED) is 0.668. The predicted octanol–water partition coefficient (Wildman–Crippen LogP) is 5.36. The van der Waals surface area contributed by atoms with E-state index in [1.54, 1.807) is 6.07 Å². The van der Waals surface area contributed by atoms with Gasteiger partial charge in [-0.2, -0.15) is 0 Å². The Balaban J connectivity index is 2.23. The standard InChI is InChI=1S/C14H11Br3FN/c15-9-3-4-11(12(17)6-9)14(19)5-8-1-2-10(16)7-13(8)18/h1-4,6-7,14H,5,19H2. The topological polar surface area (TPSA) is 26.0 Å². The van der Waals surface area contributed by atoms with Crippen LogP contribution in [-0.2, 0) is 6.42 Å². The number of nitrogens with two attached hydrogens (primary N) is 1. The van der Waals surface area contributed by atoms with E-state index >= 15 is 0 Å². The summed E-state index contributed by atoms with van der Waals surface area (Å²) in [6.45, 7) is 0. The van der Waals surface area contributed by atoms with Gasteiger partial charge in [-0.1, -0.05) is 59.9 Å². The van der Waals surface area contributed by atoms with Crippen molar-refractivity contribution < 1.29 is 4.39 Å². The molecule has 2 N–H and O–H groups in total. The summed E-state index contributed by atoms with van der Waals surface area (Å²) in [6.07, 6.45) is 0.458. The van der Waals surface area contributed by atoms with Crippen LogP contribution in [-0.4, -0.2) is 0 Å². The zero-order valence-corrected chi connectivity index (χ0v) is 14.6. The van der Waals surface area contributed by atoms with Gasteiger partial charge in [0.1, 0.15) is 5.82 Å². The lowest BCUT2D eigenvalue weighted by molar-refractivity contribution is 0.592. The molecule has 1 unspecified atom stereocenters. The van der Waals surface area contributed by atoms with Crippen LogP contribution in [0.15, 0.2) is 49.8 Å². The van der Waals surface area contributed by atoms with Crippen molar-refractivity contribution in [1.29, 1.82) is 0 Å². The minimum Gasteiger partial charge on any atom is -0.324 e. The Labute approximate surface area is 136 Å². The van der Waals surface area contributed by atoms with Crippen molar-refractivity contribution in [3.05, 3.63) is 66.8 Å². The van der Waals surface area contributed by atoms with Crippen LogP contribution in [0.3, 0.4) is 0 Å². The fourth-order valence-electron chi connectivity index (χ4n) is 1.84. The van der Waals surface area contributed by atoms with E-state index in [-0.39, 0.29) is 11.9 Å². The van der Waals surface area contributed by atoms with Crippen LogP contribution in [0.4, 0.5) is 4.39 Å². The summed E-state index contributed by atoms with van der Waals surface area (Å²) < 4.78 is 16.4. The van der Waals surface area contributed by atoms with Gasteiger partial charge >= 0.3 is 0 Å². The van der Waals surface area contributed by atoms with E-state index in [1.807, 2.05) is 24.3 Å². The first-order chi connectivity index (χ1) is 8.97. The fourth-order valence-corrected chi connectivity index (χ4v) is 3.51. The second-order valence-corrected chi connectivity index (χ2v) is 6.90. The molecule has 0 aliphatic carbocycles. The second-order valence-electron chi connectivity index (χ2n) is 4.21.